The van der Waals surface area contributed by atoms with Crippen molar-refractivity contribution >= 4 is 20.9 Å². The zero-order valence-electron chi connectivity index (χ0n) is 8.22. The van der Waals surface area contributed by atoms with Gasteiger partial charge in [-0.15, -0.1) is 0 Å². The number of fused-ring (bicyclic) bond motifs is 1. The molecule has 0 saturated carbocycles. The molecule has 0 N–H and O–H groups in total. The van der Waals surface area contributed by atoms with Crippen LogP contribution in [0.2, 0.25) is 0 Å². The number of nitrogens with zero attached hydrogens (tertiary/aromatic N) is 1. The summed E-state index contributed by atoms with van der Waals surface area (Å²) in [5, 5.41) is 0. The van der Waals surface area contributed by atoms with E-state index in [1.165, 1.54) is 19.6 Å². The quantitative estimate of drug-likeness (QED) is 0.772. The Kier molecular flexibility index (Phi) is 2.15. The van der Waals surface area contributed by atoms with Gasteiger partial charge in [-0.05, 0) is 12.1 Å². The van der Waals surface area contributed by atoms with Gasteiger partial charge in [0.25, 0.3) is 0 Å². The van der Waals surface area contributed by atoms with E-state index in [0.717, 1.165) is 6.26 Å². The molecule has 5 nitrogen and oxygen atoms in total. The lowest BCUT2D eigenvalue weighted by Crippen LogP contribution is -1.98. The Morgan fingerprint density at radius 1 is 1.40 bits per heavy atom. The maximum Gasteiger partial charge on any atom is 0.182 e. The Bertz CT molecular complexity index is 600. The van der Waals surface area contributed by atoms with Gasteiger partial charge in [0, 0.05) is 6.26 Å². The van der Waals surface area contributed by atoms with Crippen molar-refractivity contribution in [1.29, 1.82) is 0 Å². The summed E-state index contributed by atoms with van der Waals surface area (Å²) in [5.41, 5.74) is 0.650. The van der Waals surface area contributed by atoms with Crippen LogP contribution in [0.1, 0.15) is 0 Å². The number of methoxy groups -OCH3 is 1. The first-order chi connectivity index (χ1) is 7.04. The molecule has 0 radical (unpaired) electrons. The standard InChI is InChI=1S/C9H9NO4S/c1-13-6-3-4-7(15(2,11)12)9-8(6)10-5-14-9/h3-5H,1-2H3. The van der Waals surface area contributed by atoms with E-state index in [-0.39, 0.29) is 10.5 Å². The van der Waals surface area contributed by atoms with Crippen molar-refractivity contribution in [2.45, 2.75) is 4.90 Å². The van der Waals surface area contributed by atoms with E-state index in [0.29, 0.717) is 11.3 Å². The molecule has 1 heterocycles. The lowest BCUT2D eigenvalue weighted by atomic mass is 10.3. The van der Waals surface area contributed by atoms with Crippen molar-refractivity contribution in [1.82, 2.24) is 4.98 Å². The van der Waals surface area contributed by atoms with Gasteiger partial charge in [-0.25, -0.2) is 13.4 Å². The highest BCUT2D eigenvalue weighted by Gasteiger charge is 2.17. The molecule has 15 heavy (non-hydrogen) atoms. The van der Waals surface area contributed by atoms with Crippen LogP contribution in [-0.2, 0) is 9.84 Å². The minimum absolute atomic E-state index is 0.121. The Morgan fingerprint density at radius 2 is 2.13 bits per heavy atom. The molecule has 0 aliphatic heterocycles. The molecule has 0 atom stereocenters. The smallest absolute Gasteiger partial charge is 0.182 e. The first-order valence-electron chi connectivity index (χ1n) is 4.14. The molecule has 1 aromatic carbocycles. The molecular formula is C9H9NO4S. The van der Waals surface area contributed by atoms with E-state index in [1.54, 1.807) is 6.07 Å². The van der Waals surface area contributed by atoms with Gasteiger partial charge in [0.15, 0.2) is 27.3 Å². The number of aromatic nitrogens is 1. The fraction of sp³-hybridized carbons (Fsp3) is 0.222. The van der Waals surface area contributed by atoms with Crippen molar-refractivity contribution < 1.29 is 17.6 Å². The van der Waals surface area contributed by atoms with E-state index in [1.807, 2.05) is 0 Å². The average Bonchev–Trinajstić information content (AvgIpc) is 2.62. The molecule has 2 aromatic rings. The minimum atomic E-state index is -3.31. The monoisotopic (exact) mass is 227 g/mol. The summed E-state index contributed by atoms with van der Waals surface area (Å²) in [6, 6.07) is 3.00. The molecule has 0 bridgehead atoms. The summed E-state index contributed by atoms with van der Waals surface area (Å²) in [7, 11) is -1.82. The average molecular weight is 227 g/mol. The van der Waals surface area contributed by atoms with Crippen molar-refractivity contribution in [3.8, 4) is 5.75 Å². The van der Waals surface area contributed by atoms with Gasteiger partial charge in [0.1, 0.15) is 10.6 Å². The maximum absolute atomic E-state index is 11.4. The highest BCUT2D eigenvalue weighted by atomic mass is 32.2. The summed E-state index contributed by atoms with van der Waals surface area (Å²) < 4.78 is 32.9. The summed E-state index contributed by atoms with van der Waals surface area (Å²) >= 11 is 0. The zero-order chi connectivity index (χ0) is 11.1. The summed E-state index contributed by atoms with van der Waals surface area (Å²) in [4.78, 5) is 4.03. The molecule has 1 aromatic heterocycles. The largest absolute Gasteiger partial charge is 0.494 e. The third-order valence-corrected chi connectivity index (χ3v) is 3.15. The number of ether oxygens (including phenoxy) is 1. The number of benzene rings is 1. The topological polar surface area (TPSA) is 69.4 Å². The van der Waals surface area contributed by atoms with Crippen LogP contribution >= 0.6 is 0 Å². The van der Waals surface area contributed by atoms with Gasteiger partial charge >= 0.3 is 0 Å². The fourth-order valence-electron chi connectivity index (χ4n) is 1.36. The lowest BCUT2D eigenvalue weighted by molar-refractivity contribution is 0.418. The van der Waals surface area contributed by atoms with E-state index in [4.69, 9.17) is 9.15 Å². The Morgan fingerprint density at radius 3 is 2.73 bits per heavy atom. The molecule has 0 unspecified atom stereocenters. The lowest BCUT2D eigenvalue weighted by Gasteiger charge is -2.02. The number of oxazole rings is 1. The van der Waals surface area contributed by atoms with Crippen LogP contribution in [0.25, 0.3) is 11.1 Å². The molecule has 0 aliphatic rings. The molecule has 0 aliphatic carbocycles. The first kappa shape index (κ1) is 9.97. The van der Waals surface area contributed by atoms with Crippen LogP contribution in [-0.4, -0.2) is 26.8 Å². The van der Waals surface area contributed by atoms with E-state index < -0.39 is 9.84 Å². The van der Waals surface area contributed by atoms with Gasteiger partial charge in [-0.2, -0.15) is 0 Å². The Labute approximate surface area is 86.6 Å². The van der Waals surface area contributed by atoms with Crippen molar-refractivity contribution in [2.24, 2.45) is 0 Å². The summed E-state index contributed by atoms with van der Waals surface area (Å²) in [6.07, 6.45) is 2.32. The number of rotatable bonds is 2. The second-order valence-electron chi connectivity index (χ2n) is 3.07. The van der Waals surface area contributed by atoms with E-state index in [2.05, 4.69) is 4.98 Å². The van der Waals surface area contributed by atoms with Crippen molar-refractivity contribution in [3.05, 3.63) is 18.5 Å². The molecule has 80 valence electrons. The Hall–Kier alpha value is -1.56. The number of sulfone groups is 1. The Balaban J connectivity index is 2.86. The summed E-state index contributed by atoms with van der Waals surface area (Å²) in [6.45, 7) is 0. The van der Waals surface area contributed by atoms with Gasteiger partial charge in [-0.1, -0.05) is 0 Å². The van der Waals surface area contributed by atoms with Crippen molar-refractivity contribution in [3.63, 3.8) is 0 Å². The molecule has 0 spiro atoms. The third kappa shape index (κ3) is 1.56. The predicted molar refractivity (Wildman–Crippen MR) is 53.7 cm³/mol. The number of hydrogen-bond donors (Lipinski definition) is 0. The van der Waals surface area contributed by atoms with Crippen LogP contribution in [0.3, 0.4) is 0 Å². The van der Waals surface area contributed by atoms with Gasteiger partial charge in [0.05, 0.1) is 7.11 Å². The zero-order valence-corrected chi connectivity index (χ0v) is 9.04. The van der Waals surface area contributed by atoms with E-state index >= 15 is 0 Å². The normalized spacial score (nSPS) is 11.9. The highest BCUT2D eigenvalue weighted by molar-refractivity contribution is 7.91. The minimum Gasteiger partial charge on any atom is -0.494 e. The number of hydrogen-bond acceptors (Lipinski definition) is 5. The van der Waals surface area contributed by atoms with E-state index in [9.17, 15) is 8.42 Å². The second kappa shape index (κ2) is 3.23. The fourth-order valence-corrected chi connectivity index (χ4v) is 2.16. The van der Waals surface area contributed by atoms with Crippen LogP contribution < -0.4 is 4.74 Å². The van der Waals surface area contributed by atoms with Gasteiger partial charge in [0.2, 0.25) is 0 Å². The summed E-state index contributed by atoms with van der Waals surface area (Å²) in [5.74, 6) is 0.492. The van der Waals surface area contributed by atoms with Crippen LogP contribution in [0.5, 0.6) is 5.75 Å². The van der Waals surface area contributed by atoms with Gasteiger partial charge < -0.3 is 9.15 Å². The maximum atomic E-state index is 11.4. The molecule has 6 heteroatoms. The van der Waals surface area contributed by atoms with Crippen LogP contribution in [0.4, 0.5) is 0 Å². The molecular weight excluding hydrogens is 218 g/mol. The highest BCUT2D eigenvalue weighted by Crippen LogP contribution is 2.29. The predicted octanol–water partition coefficient (Wildman–Crippen LogP) is 1.24. The molecule has 0 amide bonds. The third-order valence-electron chi connectivity index (χ3n) is 2.03. The molecule has 0 saturated heterocycles. The van der Waals surface area contributed by atoms with Crippen LogP contribution in [0, 0.1) is 0 Å². The second-order valence-corrected chi connectivity index (χ2v) is 5.05. The first-order valence-corrected chi connectivity index (χ1v) is 6.03. The molecule has 0 fully saturated rings. The molecule has 2 rings (SSSR count). The van der Waals surface area contributed by atoms with Crippen molar-refractivity contribution in [2.75, 3.05) is 13.4 Å². The van der Waals surface area contributed by atoms with Crippen LogP contribution in [0.15, 0.2) is 27.8 Å². The SMILES string of the molecule is COc1ccc(S(C)(=O)=O)c2ocnc12. The van der Waals surface area contributed by atoms with Gasteiger partial charge in [-0.3, -0.25) is 0 Å².